The molecule has 0 aliphatic rings. The van der Waals surface area contributed by atoms with Gasteiger partial charge in [-0.3, -0.25) is 0 Å². The van der Waals surface area contributed by atoms with Crippen molar-refractivity contribution in [3.8, 4) is 0 Å². The SMILES string of the molecule is Cc1nc(C)c(C(C)NC(C)c2ccc(F)c(Cl)c2)s1. The molecule has 1 heterocycles. The molecule has 20 heavy (non-hydrogen) atoms. The Labute approximate surface area is 128 Å². The molecule has 0 saturated carbocycles. The van der Waals surface area contributed by atoms with Crippen molar-refractivity contribution in [2.75, 3.05) is 0 Å². The third kappa shape index (κ3) is 3.37. The molecule has 0 aliphatic heterocycles. The lowest BCUT2D eigenvalue weighted by Gasteiger charge is -2.20. The molecule has 0 fully saturated rings. The van der Waals surface area contributed by atoms with Crippen LogP contribution in [-0.4, -0.2) is 4.98 Å². The summed E-state index contributed by atoms with van der Waals surface area (Å²) < 4.78 is 13.2. The van der Waals surface area contributed by atoms with Gasteiger partial charge in [0.1, 0.15) is 5.82 Å². The number of nitrogens with one attached hydrogen (secondary N) is 1. The van der Waals surface area contributed by atoms with E-state index in [4.69, 9.17) is 11.6 Å². The molecule has 1 aromatic carbocycles. The van der Waals surface area contributed by atoms with Crippen molar-refractivity contribution in [1.82, 2.24) is 10.3 Å². The van der Waals surface area contributed by atoms with Crippen molar-refractivity contribution in [3.05, 3.63) is 50.2 Å². The molecule has 2 rings (SSSR count). The van der Waals surface area contributed by atoms with Gasteiger partial charge in [0.25, 0.3) is 0 Å². The van der Waals surface area contributed by atoms with E-state index in [-0.39, 0.29) is 22.9 Å². The van der Waals surface area contributed by atoms with E-state index in [1.54, 1.807) is 23.5 Å². The number of halogens is 2. The average Bonchev–Trinajstić information content (AvgIpc) is 2.71. The minimum absolute atomic E-state index is 0.0879. The van der Waals surface area contributed by atoms with Gasteiger partial charge in [-0.05, 0) is 45.4 Å². The zero-order valence-electron chi connectivity index (χ0n) is 12.0. The zero-order chi connectivity index (χ0) is 14.9. The maximum atomic E-state index is 13.2. The number of rotatable bonds is 4. The Hall–Kier alpha value is -0.970. The summed E-state index contributed by atoms with van der Waals surface area (Å²) in [5.74, 6) is -0.385. The van der Waals surface area contributed by atoms with Gasteiger partial charge in [-0.15, -0.1) is 11.3 Å². The van der Waals surface area contributed by atoms with Gasteiger partial charge in [0.2, 0.25) is 0 Å². The fourth-order valence-electron chi connectivity index (χ4n) is 2.28. The highest BCUT2D eigenvalue weighted by molar-refractivity contribution is 7.11. The van der Waals surface area contributed by atoms with Gasteiger partial charge < -0.3 is 5.32 Å². The lowest BCUT2D eigenvalue weighted by atomic mass is 10.1. The second-order valence-electron chi connectivity index (χ2n) is 4.97. The van der Waals surface area contributed by atoms with E-state index in [0.29, 0.717) is 0 Å². The van der Waals surface area contributed by atoms with E-state index in [2.05, 4.69) is 17.2 Å². The molecule has 0 radical (unpaired) electrons. The quantitative estimate of drug-likeness (QED) is 0.862. The van der Waals surface area contributed by atoms with Crippen LogP contribution in [0.1, 0.15) is 47.1 Å². The highest BCUT2D eigenvalue weighted by atomic mass is 35.5. The van der Waals surface area contributed by atoms with Gasteiger partial charge in [0.15, 0.2) is 0 Å². The molecule has 2 nitrogen and oxygen atoms in total. The highest BCUT2D eigenvalue weighted by Gasteiger charge is 2.16. The Morgan fingerprint density at radius 2 is 1.95 bits per heavy atom. The molecule has 0 amide bonds. The van der Waals surface area contributed by atoms with E-state index in [1.165, 1.54) is 10.9 Å². The molecule has 2 atom stereocenters. The van der Waals surface area contributed by atoms with Gasteiger partial charge in [-0.1, -0.05) is 17.7 Å². The Kier molecular flexibility index (Phi) is 4.78. The predicted molar refractivity (Wildman–Crippen MR) is 83.0 cm³/mol. The number of benzene rings is 1. The van der Waals surface area contributed by atoms with Crippen LogP contribution < -0.4 is 5.32 Å². The molecule has 2 unspecified atom stereocenters. The van der Waals surface area contributed by atoms with Crippen LogP contribution in [0.25, 0.3) is 0 Å². The molecule has 5 heteroatoms. The molecule has 108 valence electrons. The normalized spacial score (nSPS) is 14.3. The lowest BCUT2D eigenvalue weighted by Crippen LogP contribution is -2.22. The molecule has 1 N–H and O–H groups in total. The molecule has 0 saturated heterocycles. The smallest absolute Gasteiger partial charge is 0.141 e. The molecule has 1 aromatic heterocycles. The van der Waals surface area contributed by atoms with Crippen molar-refractivity contribution in [3.63, 3.8) is 0 Å². The highest BCUT2D eigenvalue weighted by Crippen LogP contribution is 2.28. The summed E-state index contributed by atoms with van der Waals surface area (Å²) in [5.41, 5.74) is 2.04. The summed E-state index contributed by atoms with van der Waals surface area (Å²) in [7, 11) is 0. The van der Waals surface area contributed by atoms with Crippen LogP contribution in [0.15, 0.2) is 18.2 Å². The van der Waals surface area contributed by atoms with E-state index < -0.39 is 0 Å². The van der Waals surface area contributed by atoms with E-state index in [0.717, 1.165) is 16.3 Å². The van der Waals surface area contributed by atoms with Crippen LogP contribution in [0, 0.1) is 19.7 Å². The maximum absolute atomic E-state index is 13.2. The largest absolute Gasteiger partial charge is 0.303 e. The third-order valence-electron chi connectivity index (χ3n) is 3.28. The van der Waals surface area contributed by atoms with Crippen molar-refractivity contribution in [1.29, 1.82) is 0 Å². The Bertz CT molecular complexity index is 612. The van der Waals surface area contributed by atoms with Gasteiger partial charge in [-0.25, -0.2) is 9.37 Å². The average molecular weight is 313 g/mol. The van der Waals surface area contributed by atoms with E-state index in [9.17, 15) is 4.39 Å². The zero-order valence-corrected chi connectivity index (χ0v) is 13.6. The Morgan fingerprint density at radius 3 is 2.50 bits per heavy atom. The fraction of sp³-hybridized carbons (Fsp3) is 0.400. The lowest BCUT2D eigenvalue weighted by molar-refractivity contribution is 0.497. The summed E-state index contributed by atoms with van der Waals surface area (Å²) in [5, 5.41) is 4.74. The summed E-state index contributed by atoms with van der Waals surface area (Å²) in [6.45, 7) is 8.19. The molecular formula is C15H18ClFN2S. The fourth-order valence-corrected chi connectivity index (χ4v) is 3.41. The number of aromatic nitrogens is 1. The predicted octanol–water partition coefficient (Wildman–Crippen LogP) is 4.96. The molecule has 2 aromatic rings. The number of thiazole rings is 1. The van der Waals surface area contributed by atoms with Crippen molar-refractivity contribution in [2.24, 2.45) is 0 Å². The summed E-state index contributed by atoms with van der Waals surface area (Å²) in [4.78, 5) is 5.68. The standard InChI is InChI=1S/C15H18ClFN2S/c1-8(12-5-6-14(17)13(16)7-12)18-9(2)15-10(3)19-11(4)20-15/h5-9,18H,1-4H3. The van der Waals surface area contributed by atoms with Crippen LogP contribution in [0.2, 0.25) is 5.02 Å². The van der Waals surface area contributed by atoms with E-state index in [1.807, 2.05) is 20.8 Å². The number of nitrogens with zero attached hydrogens (tertiary/aromatic N) is 1. The second-order valence-corrected chi connectivity index (χ2v) is 6.61. The molecule has 0 spiro atoms. The number of hydrogen-bond acceptors (Lipinski definition) is 3. The monoisotopic (exact) mass is 312 g/mol. The first-order valence-electron chi connectivity index (χ1n) is 6.53. The van der Waals surface area contributed by atoms with Gasteiger partial charge in [0.05, 0.1) is 15.7 Å². The van der Waals surface area contributed by atoms with Crippen LogP contribution in [-0.2, 0) is 0 Å². The number of aryl methyl sites for hydroxylation is 2. The van der Waals surface area contributed by atoms with Crippen molar-refractivity contribution >= 4 is 22.9 Å². The second kappa shape index (κ2) is 6.20. The molecule has 0 aliphatic carbocycles. The maximum Gasteiger partial charge on any atom is 0.141 e. The van der Waals surface area contributed by atoms with Gasteiger partial charge >= 0.3 is 0 Å². The first-order valence-corrected chi connectivity index (χ1v) is 7.73. The Balaban J connectivity index is 2.12. The molecular weight excluding hydrogens is 295 g/mol. The van der Waals surface area contributed by atoms with Crippen LogP contribution in [0.4, 0.5) is 4.39 Å². The van der Waals surface area contributed by atoms with E-state index >= 15 is 0 Å². The first-order chi connectivity index (χ1) is 9.38. The van der Waals surface area contributed by atoms with Gasteiger partial charge in [0, 0.05) is 17.0 Å². The van der Waals surface area contributed by atoms with Crippen molar-refractivity contribution < 1.29 is 4.39 Å². The summed E-state index contributed by atoms with van der Waals surface area (Å²) >= 11 is 7.53. The number of hydrogen-bond donors (Lipinski definition) is 1. The Morgan fingerprint density at radius 1 is 1.25 bits per heavy atom. The van der Waals surface area contributed by atoms with Crippen LogP contribution >= 0.6 is 22.9 Å². The minimum atomic E-state index is -0.385. The van der Waals surface area contributed by atoms with Gasteiger partial charge in [-0.2, -0.15) is 0 Å². The minimum Gasteiger partial charge on any atom is -0.303 e. The van der Waals surface area contributed by atoms with Crippen LogP contribution in [0.5, 0.6) is 0 Å². The van der Waals surface area contributed by atoms with Crippen molar-refractivity contribution in [2.45, 2.75) is 39.8 Å². The third-order valence-corrected chi connectivity index (χ3v) is 4.82. The summed E-state index contributed by atoms with van der Waals surface area (Å²) in [6.07, 6.45) is 0. The van der Waals surface area contributed by atoms with Crippen LogP contribution in [0.3, 0.4) is 0 Å². The topological polar surface area (TPSA) is 24.9 Å². The summed E-state index contributed by atoms with van der Waals surface area (Å²) in [6, 6.07) is 5.12. The first kappa shape index (κ1) is 15.4. The molecule has 0 bridgehead atoms.